The molecule has 2 heterocycles. The molecule has 2 rings (SSSR count). The summed E-state index contributed by atoms with van der Waals surface area (Å²) in [6.07, 6.45) is -2.40. The number of hydrogen-bond donors (Lipinski definition) is 0. The van der Waals surface area contributed by atoms with Crippen LogP contribution in [0.4, 0.5) is 13.2 Å². The second-order valence-electron chi connectivity index (χ2n) is 4.62. The van der Waals surface area contributed by atoms with Gasteiger partial charge in [0.05, 0.1) is 17.8 Å². The number of rotatable bonds is 4. The molecule has 0 bridgehead atoms. The van der Waals surface area contributed by atoms with Gasteiger partial charge in [-0.15, -0.1) is 0 Å². The van der Waals surface area contributed by atoms with E-state index in [-0.39, 0.29) is 6.54 Å². The quantitative estimate of drug-likeness (QED) is 0.853. The normalized spacial score (nSPS) is 12.8. The molecule has 0 radical (unpaired) electrons. The minimum atomic E-state index is -4.56. The molecule has 6 nitrogen and oxygen atoms in total. The predicted octanol–water partition coefficient (Wildman–Crippen LogP) is 1.65. The van der Waals surface area contributed by atoms with E-state index in [9.17, 15) is 21.6 Å². The van der Waals surface area contributed by atoms with Crippen molar-refractivity contribution in [2.75, 3.05) is 7.05 Å². The first-order valence-electron chi connectivity index (χ1n) is 6.09. The molecule has 0 amide bonds. The molecule has 0 aliphatic carbocycles. The van der Waals surface area contributed by atoms with E-state index in [1.165, 1.54) is 11.7 Å². The summed E-state index contributed by atoms with van der Waals surface area (Å²) < 4.78 is 64.4. The van der Waals surface area contributed by atoms with Gasteiger partial charge in [0.2, 0.25) is 0 Å². The average molecular weight is 334 g/mol. The van der Waals surface area contributed by atoms with E-state index in [0.717, 1.165) is 10.4 Å². The molecule has 22 heavy (non-hydrogen) atoms. The fourth-order valence-corrected chi connectivity index (χ4v) is 2.77. The van der Waals surface area contributed by atoms with E-state index >= 15 is 0 Å². The summed E-state index contributed by atoms with van der Waals surface area (Å²) in [6.45, 7) is -0.00806. The number of aryl methyl sites for hydroxylation is 1. The van der Waals surface area contributed by atoms with Crippen molar-refractivity contribution in [3.05, 3.63) is 41.9 Å². The Morgan fingerprint density at radius 1 is 1.27 bits per heavy atom. The number of halogens is 3. The molecular formula is C12H13F3N4O2S. The van der Waals surface area contributed by atoms with Crippen molar-refractivity contribution < 1.29 is 21.6 Å². The van der Waals surface area contributed by atoms with Crippen LogP contribution in [0.15, 0.2) is 35.6 Å². The van der Waals surface area contributed by atoms with Crippen LogP contribution in [0, 0.1) is 0 Å². The monoisotopic (exact) mass is 334 g/mol. The molecule has 2 aromatic rings. The van der Waals surface area contributed by atoms with E-state index in [2.05, 4.69) is 10.1 Å². The molecule has 0 spiro atoms. The largest absolute Gasteiger partial charge is 0.417 e. The van der Waals surface area contributed by atoms with Gasteiger partial charge in [0.25, 0.3) is 10.0 Å². The van der Waals surface area contributed by atoms with Gasteiger partial charge in [-0.2, -0.15) is 22.6 Å². The first kappa shape index (κ1) is 16.4. The number of hydrogen-bond acceptors (Lipinski definition) is 4. The summed E-state index contributed by atoms with van der Waals surface area (Å²) in [6, 6.07) is 3.17. The molecule has 0 N–H and O–H groups in total. The molecule has 0 fully saturated rings. The Balaban J connectivity index is 2.22. The van der Waals surface area contributed by atoms with Crippen LogP contribution < -0.4 is 0 Å². The maximum atomic E-state index is 12.5. The third-order valence-electron chi connectivity index (χ3n) is 2.89. The van der Waals surface area contributed by atoms with Gasteiger partial charge in [0.15, 0.2) is 5.03 Å². The lowest BCUT2D eigenvalue weighted by Gasteiger charge is -2.15. The van der Waals surface area contributed by atoms with Gasteiger partial charge in [-0.25, -0.2) is 13.4 Å². The average Bonchev–Trinajstić information content (AvgIpc) is 2.83. The molecule has 0 aliphatic rings. The summed E-state index contributed by atoms with van der Waals surface area (Å²) in [5.41, 5.74) is -0.487. The number of sulfonamides is 1. The van der Waals surface area contributed by atoms with Gasteiger partial charge in [-0.1, -0.05) is 0 Å². The zero-order valence-corrected chi connectivity index (χ0v) is 12.6. The van der Waals surface area contributed by atoms with Crippen LogP contribution in [0.25, 0.3) is 0 Å². The van der Waals surface area contributed by atoms with Gasteiger partial charge in [-0.3, -0.25) is 4.68 Å². The Labute approximate surface area is 125 Å². The van der Waals surface area contributed by atoms with Gasteiger partial charge in [0, 0.05) is 26.5 Å². The Kier molecular flexibility index (Phi) is 4.25. The maximum Gasteiger partial charge on any atom is 0.417 e. The minimum Gasteiger partial charge on any atom is -0.276 e. The van der Waals surface area contributed by atoms with Crippen LogP contribution in [-0.4, -0.2) is 34.5 Å². The fraction of sp³-hybridized carbons (Fsp3) is 0.333. The lowest BCUT2D eigenvalue weighted by molar-refractivity contribution is -0.137. The summed E-state index contributed by atoms with van der Waals surface area (Å²) in [5.74, 6) is 0. The van der Waals surface area contributed by atoms with Crippen molar-refractivity contribution in [1.29, 1.82) is 0 Å². The third kappa shape index (κ3) is 3.45. The van der Waals surface area contributed by atoms with Crippen molar-refractivity contribution in [2.45, 2.75) is 17.7 Å². The molecule has 2 aromatic heterocycles. The number of pyridine rings is 1. The van der Waals surface area contributed by atoms with Gasteiger partial charge < -0.3 is 0 Å². The lowest BCUT2D eigenvalue weighted by atomic mass is 10.3. The van der Waals surface area contributed by atoms with Crippen molar-refractivity contribution in [3.63, 3.8) is 0 Å². The Morgan fingerprint density at radius 2 is 1.95 bits per heavy atom. The van der Waals surface area contributed by atoms with Crippen LogP contribution in [0.2, 0.25) is 0 Å². The van der Waals surface area contributed by atoms with E-state index in [4.69, 9.17) is 0 Å². The van der Waals surface area contributed by atoms with Gasteiger partial charge in [0.1, 0.15) is 0 Å². The van der Waals surface area contributed by atoms with Crippen molar-refractivity contribution in [1.82, 2.24) is 19.1 Å². The van der Waals surface area contributed by atoms with Gasteiger partial charge in [-0.05, 0) is 18.2 Å². The standard InChI is InChI=1S/C12H13F3N4O2S/c1-18-6-5-10(17-18)8-19(2)22(20,21)11-4-3-9(7-16-11)12(13,14)15/h3-7H,8H2,1-2H3. The Hall–Kier alpha value is -1.94. The molecule has 0 aliphatic heterocycles. The van der Waals surface area contributed by atoms with Crippen LogP contribution >= 0.6 is 0 Å². The number of alkyl halides is 3. The van der Waals surface area contributed by atoms with Crippen LogP contribution in [0.1, 0.15) is 11.3 Å². The van der Waals surface area contributed by atoms with E-state index in [1.54, 1.807) is 19.3 Å². The molecule has 0 atom stereocenters. The molecule has 0 unspecified atom stereocenters. The number of nitrogens with zero attached hydrogens (tertiary/aromatic N) is 4. The highest BCUT2D eigenvalue weighted by atomic mass is 32.2. The van der Waals surface area contributed by atoms with Crippen molar-refractivity contribution in [2.24, 2.45) is 7.05 Å². The number of aromatic nitrogens is 3. The second kappa shape index (κ2) is 5.69. The minimum absolute atomic E-state index is 0.00806. The van der Waals surface area contributed by atoms with Crippen molar-refractivity contribution in [3.8, 4) is 0 Å². The fourth-order valence-electron chi connectivity index (χ4n) is 1.72. The van der Waals surface area contributed by atoms with Gasteiger partial charge >= 0.3 is 6.18 Å². The molecule has 0 saturated carbocycles. The van der Waals surface area contributed by atoms with E-state index in [1.807, 2.05) is 0 Å². The molecule has 120 valence electrons. The molecular weight excluding hydrogens is 321 g/mol. The zero-order chi connectivity index (χ0) is 16.5. The van der Waals surface area contributed by atoms with E-state index in [0.29, 0.717) is 18.0 Å². The third-order valence-corrected chi connectivity index (χ3v) is 4.61. The first-order chi connectivity index (χ1) is 10.1. The van der Waals surface area contributed by atoms with Crippen LogP contribution in [0.3, 0.4) is 0 Å². The van der Waals surface area contributed by atoms with E-state index < -0.39 is 26.8 Å². The van der Waals surface area contributed by atoms with Crippen LogP contribution in [0.5, 0.6) is 0 Å². The lowest BCUT2D eigenvalue weighted by Crippen LogP contribution is -2.27. The second-order valence-corrected chi connectivity index (χ2v) is 6.62. The Morgan fingerprint density at radius 3 is 2.41 bits per heavy atom. The highest BCUT2D eigenvalue weighted by Crippen LogP contribution is 2.29. The molecule has 10 heteroatoms. The summed E-state index contributed by atoms with van der Waals surface area (Å²) in [5, 5.41) is 3.60. The SMILES string of the molecule is CN(Cc1ccn(C)n1)S(=O)(=O)c1ccc(C(F)(F)F)cn1. The zero-order valence-electron chi connectivity index (χ0n) is 11.7. The summed E-state index contributed by atoms with van der Waals surface area (Å²) >= 11 is 0. The topological polar surface area (TPSA) is 68.1 Å². The summed E-state index contributed by atoms with van der Waals surface area (Å²) in [4.78, 5) is 3.41. The molecule has 0 aromatic carbocycles. The molecule has 0 saturated heterocycles. The first-order valence-corrected chi connectivity index (χ1v) is 7.53. The summed E-state index contributed by atoms with van der Waals surface area (Å²) in [7, 11) is -0.986. The smallest absolute Gasteiger partial charge is 0.276 e. The van der Waals surface area contributed by atoms with Crippen molar-refractivity contribution >= 4 is 10.0 Å². The maximum absolute atomic E-state index is 12.5. The van der Waals surface area contributed by atoms with Crippen LogP contribution in [-0.2, 0) is 29.8 Å². The highest BCUT2D eigenvalue weighted by molar-refractivity contribution is 7.89. The Bertz CT molecular complexity index is 753. The highest BCUT2D eigenvalue weighted by Gasteiger charge is 2.32. The predicted molar refractivity (Wildman–Crippen MR) is 71.1 cm³/mol.